The van der Waals surface area contributed by atoms with Crippen LogP contribution in [-0.4, -0.2) is 22.4 Å². The van der Waals surface area contributed by atoms with E-state index in [0.717, 1.165) is 18.5 Å². The molecule has 1 heterocycles. The van der Waals surface area contributed by atoms with Crippen molar-refractivity contribution in [2.24, 2.45) is 0 Å². The molecular formula is C21H39N3O. The molecule has 25 heavy (non-hydrogen) atoms. The highest BCUT2D eigenvalue weighted by atomic mass is 16.1. The van der Waals surface area contributed by atoms with Gasteiger partial charge in [-0.05, 0) is 6.42 Å². The van der Waals surface area contributed by atoms with Crippen LogP contribution in [0.4, 0.5) is 0 Å². The molecule has 2 N–H and O–H groups in total. The summed E-state index contributed by atoms with van der Waals surface area (Å²) in [5.41, 5.74) is 1.07. The van der Waals surface area contributed by atoms with Crippen molar-refractivity contribution < 1.29 is 4.79 Å². The number of hydrogen-bond donors (Lipinski definition) is 2. The number of unbranched alkanes of at least 4 members (excludes halogenated alkanes) is 12. The number of hydrogen-bond acceptors (Lipinski definition) is 2. The molecule has 1 rings (SSSR count). The normalized spacial score (nSPS) is 10.9. The first kappa shape index (κ1) is 21.7. The van der Waals surface area contributed by atoms with Crippen LogP contribution in [0.25, 0.3) is 0 Å². The lowest BCUT2D eigenvalue weighted by atomic mass is 10.0. The van der Waals surface area contributed by atoms with Crippen LogP contribution in [0.1, 0.15) is 103 Å². The van der Waals surface area contributed by atoms with E-state index in [1.807, 2.05) is 0 Å². The van der Waals surface area contributed by atoms with Gasteiger partial charge in [0.1, 0.15) is 0 Å². The molecule has 1 amide bonds. The number of H-pyrrole nitrogens is 1. The fourth-order valence-corrected chi connectivity index (χ4v) is 3.15. The van der Waals surface area contributed by atoms with Crippen molar-refractivity contribution >= 4 is 5.91 Å². The summed E-state index contributed by atoms with van der Waals surface area (Å²) in [4.78, 5) is 18.7. The van der Waals surface area contributed by atoms with E-state index >= 15 is 0 Å². The Labute approximate surface area is 154 Å². The standard InChI is InChI=1S/C21H39N3O/c1-2-3-4-5-6-7-8-9-10-11-12-13-14-15-21(25)23-17-16-20-18-22-19-24-20/h18-19H,2-17H2,1H3,(H,22,24)(H,23,25). The predicted molar refractivity (Wildman–Crippen MR) is 106 cm³/mol. The summed E-state index contributed by atoms with van der Waals surface area (Å²) < 4.78 is 0. The summed E-state index contributed by atoms with van der Waals surface area (Å²) in [5.74, 6) is 0.183. The maximum Gasteiger partial charge on any atom is 0.220 e. The minimum absolute atomic E-state index is 0.183. The van der Waals surface area contributed by atoms with Crippen LogP contribution in [0.15, 0.2) is 12.5 Å². The second-order valence-electron chi connectivity index (χ2n) is 7.17. The monoisotopic (exact) mass is 349 g/mol. The van der Waals surface area contributed by atoms with Crippen LogP contribution < -0.4 is 5.32 Å². The number of carbonyl (C=O) groups is 1. The Balaban J connectivity index is 1.75. The molecule has 1 aromatic heterocycles. The van der Waals surface area contributed by atoms with Crippen molar-refractivity contribution in [2.75, 3.05) is 6.54 Å². The number of amides is 1. The third-order valence-corrected chi connectivity index (χ3v) is 4.78. The second kappa shape index (κ2) is 16.2. The first-order valence-corrected chi connectivity index (χ1v) is 10.6. The van der Waals surface area contributed by atoms with E-state index in [1.54, 1.807) is 12.5 Å². The molecular weight excluding hydrogens is 310 g/mol. The Bertz CT molecular complexity index is 403. The van der Waals surface area contributed by atoms with E-state index in [-0.39, 0.29) is 5.91 Å². The van der Waals surface area contributed by atoms with Crippen LogP contribution >= 0.6 is 0 Å². The Morgan fingerprint density at radius 1 is 0.920 bits per heavy atom. The van der Waals surface area contributed by atoms with E-state index in [4.69, 9.17) is 0 Å². The van der Waals surface area contributed by atoms with Crippen LogP contribution in [0.3, 0.4) is 0 Å². The Kier molecular flexibility index (Phi) is 14.0. The van der Waals surface area contributed by atoms with Gasteiger partial charge in [-0.3, -0.25) is 4.79 Å². The summed E-state index contributed by atoms with van der Waals surface area (Å²) in [7, 11) is 0. The number of carbonyl (C=O) groups excluding carboxylic acids is 1. The maximum atomic E-state index is 11.7. The molecule has 0 aliphatic carbocycles. The molecule has 0 aliphatic heterocycles. The number of rotatable bonds is 17. The Morgan fingerprint density at radius 2 is 1.48 bits per heavy atom. The predicted octanol–water partition coefficient (Wildman–Crippen LogP) is 5.55. The molecule has 0 bridgehead atoms. The highest BCUT2D eigenvalue weighted by molar-refractivity contribution is 5.75. The lowest BCUT2D eigenvalue weighted by molar-refractivity contribution is -0.121. The zero-order valence-corrected chi connectivity index (χ0v) is 16.3. The molecule has 4 nitrogen and oxygen atoms in total. The van der Waals surface area contributed by atoms with Gasteiger partial charge in [-0.25, -0.2) is 4.98 Å². The lowest BCUT2D eigenvalue weighted by Gasteiger charge is -2.05. The largest absolute Gasteiger partial charge is 0.356 e. The zero-order valence-electron chi connectivity index (χ0n) is 16.3. The van der Waals surface area contributed by atoms with Gasteiger partial charge >= 0.3 is 0 Å². The number of nitrogens with zero attached hydrogens (tertiary/aromatic N) is 1. The molecule has 0 saturated heterocycles. The average Bonchev–Trinajstić information content (AvgIpc) is 3.12. The van der Waals surface area contributed by atoms with E-state index in [1.165, 1.54) is 77.0 Å². The molecule has 0 aromatic carbocycles. The van der Waals surface area contributed by atoms with Crippen molar-refractivity contribution in [2.45, 2.75) is 103 Å². The van der Waals surface area contributed by atoms with E-state index in [0.29, 0.717) is 13.0 Å². The first-order chi connectivity index (χ1) is 12.3. The topological polar surface area (TPSA) is 57.8 Å². The van der Waals surface area contributed by atoms with Crippen molar-refractivity contribution in [3.63, 3.8) is 0 Å². The summed E-state index contributed by atoms with van der Waals surface area (Å²) in [5, 5.41) is 2.98. The van der Waals surface area contributed by atoms with Gasteiger partial charge in [0.05, 0.1) is 6.33 Å². The minimum atomic E-state index is 0.183. The summed E-state index contributed by atoms with van der Waals surface area (Å²) in [6.45, 7) is 2.97. The van der Waals surface area contributed by atoms with Gasteiger partial charge in [-0.1, -0.05) is 84.0 Å². The lowest BCUT2D eigenvalue weighted by Crippen LogP contribution is -2.25. The fraction of sp³-hybridized carbons (Fsp3) is 0.810. The van der Waals surface area contributed by atoms with Crippen molar-refractivity contribution in [3.8, 4) is 0 Å². The molecule has 0 spiro atoms. The maximum absolute atomic E-state index is 11.7. The molecule has 0 radical (unpaired) electrons. The molecule has 1 aromatic rings. The van der Waals surface area contributed by atoms with Gasteiger partial charge in [-0.2, -0.15) is 0 Å². The van der Waals surface area contributed by atoms with E-state index in [9.17, 15) is 4.79 Å². The van der Waals surface area contributed by atoms with Gasteiger partial charge < -0.3 is 10.3 Å². The van der Waals surface area contributed by atoms with Gasteiger partial charge in [0.25, 0.3) is 0 Å². The molecule has 0 aliphatic rings. The van der Waals surface area contributed by atoms with Crippen molar-refractivity contribution in [1.29, 1.82) is 0 Å². The highest BCUT2D eigenvalue weighted by Crippen LogP contribution is 2.12. The average molecular weight is 350 g/mol. The van der Waals surface area contributed by atoms with Crippen LogP contribution in [-0.2, 0) is 11.2 Å². The third kappa shape index (κ3) is 13.6. The van der Waals surface area contributed by atoms with Crippen LogP contribution in [0.5, 0.6) is 0 Å². The molecule has 4 heteroatoms. The van der Waals surface area contributed by atoms with Gasteiger partial charge in [0.15, 0.2) is 0 Å². The van der Waals surface area contributed by atoms with Crippen molar-refractivity contribution in [3.05, 3.63) is 18.2 Å². The smallest absolute Gasteiger partial charge is 0.220 e. The van der Waals surface area contributed by atoms with Gasteiger partial charge in [0, 0.05) is 31.3 Å². The van der Waals surface area contributed by atoms with E-state index < -0.39 is 0 Å². The number of imidazole rings is 1. The van der Waals surface area contributed by atoms with Gasteiger partial charge in [-0.15, -0.1) is 0 Å². The molecule has 0 saturated carbocycles. The molecule has 0 fully saturated rings. The fourth-order valence-electron chi connectivity index (χ4n) is 3.15. The van der Waals surface area contributed by atoms with E-state index in [2.05, 4.69) is 22.2 Å². The Morgan fingerprint density at radius 3 is 2.00 bits per heavy atom. The zero-order chi connectivity index (χ0) is 18.0. The molecule has 0 unspecified atom stereocenters. The van der Waals surface area contributed by atoms with Crippen LogP contribution in [0.2, 0.25) is 0 Å². The number of aromatic amines is 1. The third-order valence-electron chi connectivity index (χ3n) is 4.78. The first-order valence-electron chi connectivity index (χ1n) is 10.6. The number of nitrogens with one attached hydrogen (secondary N) is 2. The molecule has 0 atom stereocenters. The Hall–Kier alpha value is -1.32. The summed E-state index contributed by atoms with van der Waals surface area (Å²) >= 11 is 0. The quantitative estimate of drug-likeness (QED) is 0.362. The second-order valence-corrected chi connectivity index (χ2v) is 7.17. The van der Waals surface area contributed by atoms with Gasteiger partial charge in [0.2, 0.25) is 5.91 Å². The van der Waals surface area contributed by atoms with Crippen LogP contribution in [0, 0.1) is 0 Å². The summed E-state index contributed by atoms with van der Waals surface area (Å²) in [6, 6.07) is 0. The van der Waals surface area contributed by atoms with Crippen molar-refractivity contribution in [1.82, 2.24) is 15.3 Å². The number of aromatic nitrogens is 2. The minimum Gasteiger partial charge on any atom is -0.356 e. The SMILES string of the molecule is CCCCCCCCCCCCCCCC(=O)NCCc1cnc[nH]1. The molecule has 144 valence electrons. The highest BCUT2D eigenvalue weighted by Gasteiger charge is 2.01. The summed E-state index contributed by atoms with van der Waals surface area (Å²) in [6.07, 6.45) is 22.4.